The number of ether oxygens (including phenoxy) is 1. The number of benzene rings is 2. The van der Waals surface area contributed by atoms with E-state index in [0.717, 1.165) is 16.9 Å². The van der Waals surface area contributed by atoms with Crippen molar-refractivity contribution in [3.05, 3.63) is 71.3 Å². The fourth-order valence-corrected chi connectivity index (χ4v) is 3.38. The first-order chi connectivity index (χ1) is 12.5. The van der Waals surface area contributed by atoms with Crippen LogP contribution in [0.5, 0.6) is 5.75 Å². The Balaban J connectivity index is 1.65. The first-order valence-electron chi connectivity index (χ1n) is 8.91. The number of aliphatic hydroxyl groups is 1. The van der Waals surface area contributed by atoms with E-state index in [-0.39, 0.29) is 5.91 Å². The highest BCUT2D eigenvalue weighted by atomic mass is 16.5. The lowest BCUT2D eigenvalue weighted by molar-refractivity contribution is -0.131. The molecule has 1 aliphatic heterocycles. The van der Waals surface area contributed by atoms with Gasteiger partial charge in [-0.1, -0.05) is 42.5 Å². The van der Waals surface area contributed by atoms with Gasteiger partial charge in [-0.15, -0.1) is 0 Å². The highest BCUT2D eigenvalue weighted by Crippen LogP contribution is 2.33. The van der Waals surface area contributed by atoms with Crippen molar-refractivity contribution < 1.29 is 14.6 Å². The third-order valence-electron chi connectivity index (χ3n) is 5.03. The van der Waals surface area contributed by atoms with Crippen molar-refractivity contribution in [2.24, 2.45) is 0 Å². The van der Waals surface area contributed by atoms with Gasteiger partial charge < -0.3 is 14.7 Å². The van der Waals surface area contributed by atoms with Crippen LogP contribution in [0.25, 0.3) is 6.08 Å². The lowest BCUT2D eigenvalue weighted by Crippen LogP contribution is -2.45. The van der Waals surface area contributed by atoms with Gasteiger partial charge in [-0.2, -0.15) is 0 Å². The summed E-state index contributed by atoms with van der Waals surface area (Å²) in [5.74, 6) is 0.818. The third-order valence-corrected chi connectivity index (χ3v) is 5.03. The first-order valence-corrected chi connectivity index (χ1v) is 8.91. The average molecular weight is 351 g/mol. The monoisotopic (exact) mass is 351 g/mol. The predicted octanol–water partition coefficient (Wildman–Crippen LogP) is 3.61. The first kappa shape index (κ1) is 18.2. The molecule has 136 valence electrons. The van der Waals surface area contributed by atoms with E-state index >= 15 is 0 Å². The Morgan fingerprint density at radius 1 is 1.08 bits per heavy atom. The predicted molar refractivity (Wildman–Crippen MR) is 103 cm³/mol. The second-order valence-electron chi connectivity index (χ2n) is 6.79. The minimum Gasteiger partial charge on any atom is -0.497 e. The largest absolute Gasteiger partial charge is 0.497 e. The summed E-state index contributed by atoms with van der Waals surface area (Å²) in [5.41, 5.74) is 1.75. The zero-order valence-corrected chi connectivity index (χ0v) is 15.3. The van der Waals surface area contributed by atoms with Crippen LogP contribution in [0.3, 0.4) is 0 Å². The Kier molecular flexibility index (Phi) is 5.43. The Bertz CT molecular complexity index is 773. The summed E-state index contributed by atoms with van der Waals surface area (Å²) in [6.07, 6.45) is 3.00. The molecule has 0 aliphatic carbocycles. The molecule has 1 amide bonds. The standard InChI is InChI=1S/C22H25NO3/c1-17(16-18-8-10-20(26-2)11-9-18)21(24)23-14-12-22(25,13-15-23)19-6-4-3-5-7-19/h3-11,16,25H,12-15H2,1-2H3/b17-16-. The van der Waals surface area contributed by atoms with Crippen molar-refractivity contribution in [1.29, 1.82) is 0 Å². The fourth-order valence-electron chi connectivity index (χ4n) is 3.38. The van der Waals surface area contributed by atoms with E-state index < -0.39 is 5.60 Å². The van der Waals surface area contributed by atoms with E-state index in [0.29, 0.717) is 31.5 Å². The highest BCUT2D eigenvalue weighted by Gasteiger charge is 2.35. The smallest absolute Gasteiger partial charge is 0.249 e. The number of amides is 1. The molecule has 4 heteroatoms. The Morgan fingerprint density at radius 2 is 1.69 bits per heavy atom. The van der Waals surface area contributed by atoms with E-state index in [4.69, 9.17) is 4.74 Å². The summed E-state index contributed by atoms with van der Waals surface area (Å²) < 4.78 is 5.15. The summed E-state index contributed by atoms with van der Waals surface area (Å²) >= 11 is 0. The summed E-state index contributed by atoms with van der Waals surface area (Å²) in [6, 6.07) is 17.3. The van der Waals surface area contributed by atoms with Gasteiger partial charge >= 0.3 is 0 Å². The van der Waals surface area contributed by atoms with Crippen LogP contribution >= 0.6 is 0 Å². The van der Waals surface area contributed by atoms with E-state index in [9.17, 15) is 9.90 Å². The number of hydrogen-bond acceptors (Lipinski definition) is 3. The normalized spacial score (nSPS) is 17.0. The lowest BCUT2D eigenvalue weighted by Gasteiger charge is -2.38. The number of piperidine rings is 1. The molecule has 4 nitrogen and oxygen atoms in total. The molecule has 0 aromatic heterocycles. The SMILES string of the molecule is COc1ccc(/C=C(/C)C(=O)N2CCC(O)(c3ccccc3)CC2)cc1. The topological polar surface area (TPSA) is 49.8 Å². The fraction of sp³-hybridized carbons (Fsp3) is 0.318. The molecule has 0 bridgehead atoms. The second-order valence-corrected chi connectivity index (χ2v) is 6.79. The summed E-state index contributed by atoms with van der Waals surface area (Å²) in [6.45, 7) is 2.95. The second kappa shape index (κ2) is 7.75. The van der Waals surface area contributed by atoms with Gasteiger partial charge in [0.2, 0.25) is 5.91 Å². The molecule has 0 saturated carbocycles. The molecule has 2 aromatic carbocycles. The molecular formula is C22H25NO3. The maximum absolute atomic E-state index is 12.7. The van der Waals surface area contributed by atoms with Crippen LogP contribution in [-0.4, -0.2) is 36.1 Å². The van der Waals surface area contributed by atoms with Crippen LogP contribution in [0.15, 0.2) is 60.2 Å². The van der Waals surface area contributed by atoms with Crippen LogP contribution in [-0.2, 0) is 10.4 Å². The number of carbonyl (C=O) groups is 1. The van der Waals surface area contributed by atoms with Gasteiger partial charge in [-0.05, 0) is 49.1 Å². The molecule has 1 fully saturated rings. The molecule has 0 atom stereocenters. The molecule has 2 aromatic rings. The average Bonchev–Trinajstić information content (AvgIpc) is 2.69. The van der Waals surface area contributed by atoms with Gasteiger partial charge in [0.15, 0.2) is 0 Å². The number of carbonyl (C=O) groups excluding carboxylic acids is 1. The molecule has 1 saturated heterocycles. The minimum absolute atomic E-state index is 0.0240. The highest BCUT2D eigenvalue weighted by molar-refractivity contribution is 5.97. The quantitative estimate of drug-likeness (QED) is 0.856. The Labute approximate surface area is 154 Å². The molecule has 1 heterocycles. The molecule has 0 spiro atoms. The number of hydrogen-bond donors (Lipinski definition) is 1. The van der Waals surface area contributed by atoms with Gasteiger partial charge in [-0.25, -0.2) is 0 Å². The molecule has 1 aliphatic rings. The van der Waals surface area contributed by atoms with Crippen molar-refractivity contribution in [1.82, 2.24) is 4.90 Å². The van der Waals surface area contributed by atoms with Crippen LogP contribution in [0.1, 0.15) is 30.9 Å². The number of likely N-dealkylation sites (tertiary alicyclic amines) is 1. The summed E-state index contributed by atoms with van der Waals surface area (Å²) in [7, 11) is 1.63. The zero-order valence-electron chi connectivity index (χ0n) is 15.3. The molecule has 0 unspecified atom stereocenters. The van der Waals surface area contributed by atoms with Crippen LogP contribution in [0.4, 0.5) is 0 Å². The molecule has 0 radical (unpaired) electrons. The molecule has 1 N–H and O–H groups in total. The minimum atomic E-state index is -0.842. The maximum atomic E-state index is 12.7. The van der Waals surface area contributed by atoms with Crippen molar-refractivity contribution in [2.75, 3.05) is 20.2 Å². The van der Waals surface area contributed by atoms with Gasteiger partial charge in [0.25, 0.3) is 0 Å². The number of rotatable bonds is 4. The van der Waals surface area contributed by atoms with Gasteiger partial charge in [-0.3, -0.25) is 4.79 Å². The summed E-state index contributed by atoms with van der Waals surface area (Å²) in [4.78, 5) is 14.6. The van der Waals surface area contributed by atoms with Crippen molar-refractivity contribution in [3.8, 4) is 5.75 Å². The van der Waals surface area contributed by atoms with Crippen molar-refractivity contribution in [2.45, 2.75) is 25.4 Å². The van der Waals surface area contributed by atoms with E-state index in [1.807, 2.05) is 72.5 Å². The zero-order chi connectivity index (χ0) is 18.6. The maximum Gasteiger partial charge on any atom is 0.249 e. The lowest BCUT2D eigenvalue weighted by atomic mass is 9.84. The Morgan fingerprint density at radius 3 is 2.27 bits per heavy atom. The molecular weight excluding hydrogens is 326 g/mol. The Hall–Kier alpha value is -2.59. The van der Waals surface area contributed by atoms with E-state index in [2.05, 4.69) is 0 Å². The van der Waals surface area contributed by atoms with Crippen molar-refractivity contribution >= 4 is 12.0 Å². The van der Waals surface area contributed by atoms with Crippen molar-refractivity contribution in [3.63, 3.8) is 0 Å². The van der Waals surface area contributed by atoms with Crippen LogP contribution in [0.2, 0.25) is 0 Å². The number of nitrogens with zero attached hydrogens (tertiary/aromatic N) is 1. The summed E-state index contributed by atoms with van der Waals surface area (Å²) in [5, 5.41) is 10.9. The molecule has 3 rings (SSSR count). The number of methoxy groups -OCH3 is 1. The van der Waals surface area contributed by atoms with E-state index in [1.54, 1.807) is 7.11 Å². The van der Waals surface area contributed by atoms with Gasteiger partial charge in [0.05, 0.1) is 12.7 Å². The van der Waals surface area contributed by atoms with Gasteiger partial charge in [0.1, 0.15) is 5.75 Å². The van der Waals surface area contributed by atoms with Crippen LogP contribution < -0.4 is 4.74 Å². The van der Waals surface area contributed by atoms with Crippen LogP contribution in [0, 0.1) is 0 Å². The van der Waals surface area contributed by atoms with E-state index in [1.165, 1.54) is 0 Å². The third kappa shape index (κ3) is 3.97. The molecule has 26 heavy (non-hydrogen) atoms. The van der Waals surface area contributed by atoms with Gasteiger partial charge in [0, 0.05) is 18.7 Å².